The van der Waals surface area contributed by atoms with Crippen LogP contribution in [0.15, 0.2) is 24.3 Å². The van der Waals surface area contributed by atoms with Crippen molar-refractivity contribution in [2.75, 3.05) is 19.7 Å². The molecule has 1 heterocycles. The molecule has 110 valence electrons. The van der Waals surface area contributed by atoms with Crippen LogP contribution in [0.2, 0.25) is 0 Å². The third kappa shape index (κ3) is 4.03. The number of rotatable bonds is 6. The molecule has 1 fully saturated rings. The van der Waals surface area contributed by atoms with Gasteiger partial charge in [-0.15, -0.1) is 0 Å². The van der Waals surface area contributed by atoms with Gasteiger partial charge in [0.1, 0.15) is 0 Å². The first-order valence-electron chi connectivity index (χ1n) is 7.16. The van der Waals surface area contributed by atoms with Gasteiger partial charge in [-0.1, -0.05) is 19.1 Å². The lowest BCUT2D eigenvalue weighted by atomic mass is 10.1. The summed E-state index contributed by atoms with van der Waals surface area (Å²) in [4.78, 5) is 13.9. The van der Waals surface area contributed by atoms with E-state index in [0.717, 1.165) is 44.6 Å². The van der Waals surface area contributed by atoms with Crippen LogP contribution in [0.4, 0.5) is 0 Å². The molecule has 5 nitrogen and oxygen atoms in total. The zero-order chi connectivity index (χ0) is 14.4. The van der Waals surface area contributed by atoms with Crippen LogP contribution in [0.1, 0.15) is 35.7 Å². The highest BCUT2D eigenvalue weighted by molar-refractivity contribution is 5.93. The number of nitrogens with zero attached hydrogens (tertiary/aromatic N) is 1. The average Bonchev–Trinajstić information content (AvgIpc) is 2.99. The molecule has 0 bridgehead atoms. The zero-order valence-corrected chi connectivity index (χ0v) is 12.0. The van der Waals surface area contributed by atoms with Crippen molar-refractivity contribution in [1.29, 1.82) is 0 Å². The number of nitrogens with two attached hydrogens (primary N) is 1. The Labute approximate surface area is 120 Å². The Balaban J connectivity index is 1.97. The zero-order valence-electron chi connectivity index (χ0n) is 12.0. The Morgan fingerprint density at radius 2 is 2.40 bits per heavy atom. The van der Waals surface area contributed by atoms with Gasteiger partial charge in [0, 0.05) is 25.3 Å². The highest BCUT2D eigenvalue weighted by Gasteiger charge is 2.18. The highest BCUT2D eigenvalue weighted by Crippen LogP contribution is 2.15. The molecular weight excluding hydrogens is 254 g/mol. The molecule has 0 saturated carbocycles. The third-order valence-corrected chi connectivity index (χ3v) is 3.66. The van der Waals surface area contributed by atoms with Crippen LogP contribution in [0, 0.1) is 0 Å². The number of hydrazine groups is 1. The second-order valence-electron chi connectivity index (χ2n) is 5.14. The Hall–Kier alpha value is -1.43. The predicted octanol–water partition coefficient (Wildman–Crippen LogP) is 1.29. The monoisotopic (exact) mass is 277 g/mol. The topological polar surface area (TPSA) is 67.6 Å². The van der Waals surface area contributed by atoms with Gasteiger partial charge in [-0.2, -0.15) is 0 Å². The van der Waals surface area contributed by atoms with Crippen LogP contribution in [-0.4, -0.2) is 36.6 Å². The van der Waals surface area contributed by atoms with Crippen molar-refractivity contribution in [2.45, 2.75) is 32.4 Å². The molecule has 1 saturated heterocycles. The van der Waals surface area contributed by atoms with Crippen LogP contribution < -0.4 is 11.3 Å². The van der Waals surface area contributed by atoms with Gasteiger partial charge < -0.3 is 4.74 Å². The average molecular weight is 277 g/mol. The van der Waals surface area contributed by atoms with Crippen molar-refractivity contribution in [1.82, 2.24) is 10.3 Å². The van der Waals surface area contributed by atoms with Crippen LogP contribution in [0.5, 0.6) is 0 Å². The largest absolute Gasteiger partial charge is 0.377 e. The Kier molecular flexibility index (Phi) is 5.52. The van der Waals surface area contributed by atoms with Crippen molar-refractivity contribution in [3.63, 3.8) is 0 Å². The summed E-state index contributed by atoms with van der Waals surface area (Å²) in [5, 5.41) is 0. The Morgan fingerprint density at radius 1 is 1.55 bits per heavy atom. The molecule has 20 heavy (non-hydrogen) atoms. The minimum absolute atomic E-state index is 0.256. The number of nitrogens with one attached hydrogen (secondary N) is 1. The van der Waals surface area contributed by atoms with Crippen LogP contribution >= 0.6 is 0 Å². The number of ether oxygens (including phenoxy) is 1. The second-order valence-corrected chi connectivity index (χ2v) is 5.14. The minimum atomic E-state index is -0.256. The Bertz CT molecular complexity index is 444. The van der Waals surface area contributed by atoms with Gasteiger partial charge in [0.2, 0.25) is 0 Å². The van der Waals surface area contributed by atoms with Gasteiger partial charge in [-0.25, -0.2) is 5.84 Å². The van der Waals surface area contributed by atoms with E-state index in [1.54, 1.807) is 6.07 Å². The van der Waals surface area contributed by atoms with Crippen LogP contribution in [-0.2, 0) is 11.3 Å². The van der Waals surface area contributed by atoms with E-state index >= 15 is 0 Å². The maximum absolute atomic E-state index is 11.5. The number of hydrogen-bond acceptors (Lipinski definition) is 4. The summed E-state index contributed by atoms with van der Waals surface area (Å²) >= 11 is 0. The standard InChI is InChI=1S/C15H23N3O2/c1-2-18(11-14-7-4-8-20-14)10-12-5-3-6-13(9-12)15(19)17-16/h3,5-6,9,14H,2,4,7-8,10-11,16H2,1H3,(H,17,19). The maximum atomic E-state index is 11.5. The molecule has 2 rings (SSSR count). The highest BCUT2D eigenvalue weighted by atomic mass is 16.5. The number of likely N-dealkylation sites (N-methyl/N-ethyl adjacent to an activating group) is 1. The number of carbonyl (C=O) groups excluding carboxylic acids is 1. The first-order valence-corrected chi connectivity index (χ1v) is 7.16. The molecule has 1 aromatic carbocycles. The summed E-state index contributed by atoms with van der Waals surface area (Å²) < 4.78 is 5.68. The molecule has 5 heteroatoms. The lowest BCUT2D eigenvalue weighted by molar-refractivity contribution is 0.0724. The van der Waals surface area contributed by atoms with E-state index in [-0.39, 0.29) is 5.91 Å². The van der Waals surface area contributed by atoms with Crippen LogP contribution in [0.25, 0.3) is 0 Å². The molecule has 1 unspecified atom stereocenters. The van der Waals surface area contributed by atoms with Crippen molar-refractivity contribution < 1.29 is 9.53 Å². The van der Waals surface area contributed by atoms with E-state index in [9.17, 15) is 4.79 Å². The van der Waals surface area contributed by atoms with E-state index in [2.05, 4.69) is 17.2 Å². The van der Waals surface area contributed by atoms with Gasteiger partial charge in [-0.05, 0) is 37.1 Å². The van der Waals surface area contributed by atoms with Gasteiger partial charge in [0.25, 0.3) is 5.91 Å². The number of amides is 1. The SMILES string of the molecule is CCN(Cc1cccc(C(=O)NN)c1)CC1CCCO1. The smallest absolute Gasteiger partial charge is 0.265 e. The van der Waals surface area contributed by atoms with E-state index in [4.69, 9.17) is 10.6 Å². The molecule has 0 aromatic heterocycles. The molecule has 0 spiro atoms. The van der Waals surface area contributed by atoms with Crippen molar-refractivity contribution in [3.05, 3.63) is 35.4 Å². The van der Waals surface area contributed by atoms with Gasteiger partial charge in [-0.3, -0.25) is 15.1 Å². The molecule has 1 atom stereocenters. The van der Waals surface area contributed by atoms with Crippen molar-refractivity contribution >= 4 is 5.91 Å². The molecule has 1 aromatic rings. The van der Waals surface area contributed by atoms with E-state index in [0.29, 0.717) is 11.7 Å². The summed E-state index contributed by atoms with van der Waals surface area (Å²) in [5.41, 5.74) is 3.87. The van der Waals surface area contributed by atoms with E-state index < -0.39 is 0 Å². The van der Waals surface area contributed by atoms with Crippen molar-refractivity contribution in [3.8, 4) is 0 Å². The van der Waals surface area contributed by atoms with Gasteiger partial charge >= 0.3 is 0 Å². The first-order chi connectivity index (χ1) is 9.72. The lowest BCUT2D eigenvalue weighted by Gasteiger charge is -2.23. The second kappa shape index (κ2) is 7.38. The molecular formula is C15H23N3O2. The summed E-state index contributed by atoms with van der Waals surface area (Å²) in [6, 6.07) is 7.58. The number of hydrogen-bond donors (Lipinski definition) is 2. The fourth-order valence-corrected chi connectivity index (χ4v) is 2.53. The fraction of sp³-hybridized carbons (Fsp3) is 0.533. The van der Waals surface area contributed by atoms with E-state index in [1.807, 2.05) is 18.2 Å². The number of nitrogen functional groups attached to an aromatic ring is 1. The maximum Gasteiger partial charge on any atom is 0.265 e. The molecule has 0 aliphatic carbocycles. The fourth-order valence-electron chi connectivity index (χ4n) is 2.53. The molecule has 1 aliphatic rings. The van der Waals surface area contributed by atoms with E-state index in [1.165, 1.54) is 0 Å². The quantitative estimate of drug-likeness (QED) is 0.467. The molecule has 0 radical (unpaired) electrons. The Morgan fingerprint density at radius 3 is 3.05 bits per heavy atom. The van der Waals surface area contributed by atoms with Crippen molar-refractivity contribution in [2.24, 2.45) is 5.84 Å². The minimum Gasteiger partial charge on any atom is -0.377 e. The molecule has 1 amide bonds. The van der Waals surface area contributed by atoms with Gasteiger partial charge in [0.15, 0.2) is 0 Å². The molecule has 3 N–H and O–H groups in total. The molecule has 1 aliphatic heterocycles. The summed E-state index contributed by atoms with van der Waals surface area (Å²) in [7, 11) is 0. The normalized spacial score (nSPS) is 18.4. The summed E-state index contributed by atoms with van der Waals surface area (Å²) in [5.74, 6) is 4.91. The summed E-state index contributed by atoms with van der Waals surface area (Å²) in [6.07, 6.45) is 2.66. The van der Waals surface area contributed by atoms with Crippen LogP contribution in [0.3, 0.4) is 0 Å². The first kappa shape index (κ1) is 15.0. The number of benzene rings is 1. The number of carbonyl (C=O) groups is 1. The van der Waals surface area contributed by atoms with Gasteiger partial charge in [0.05, 0.1) is 6.10 Å². The third-order valence-electron chi connectivity index (χ3n) is 3.66. The lowest BCUT2D eigenvalue weighted by Crippen LogP contribution is -2.32. The summed E-state index contributed by atoms with van der Waals surface area (Å²) in [6.45, 7) is 5.76. The predicted molar refractivity (Wildman–Crippen MR) is 78.0 cm³/mol.